The van der Waals surface area contributed by atoms with Gasteiger partial charge in [0, 0.05) is 18.6 Å². The van der Waals surface area contributed by atoms with Crippen molar-refractivity contribution in [2.24, 2.45) is 0 Å². The Balaban J connectivity index is 1.86. The molecule has 0 radical (unpaired) electrons. The smallest absolute Gasteiger partial charge is 0.335 e. The lowest BCUT2D eigenvalue weighted by Gasteiger charge is -2.08. The molecule has 1 aromatic heterocycles. The van der Waals surface area contributed by atoms with Gasteiger partial charge in [0.05, 0.1) is 59.3 Å². The normalized spacial score (nSPS) is 10.6. The zero-order valence-corrected chi connectivity index (χ0v) is 14.6. The number of carbonyl (C=O) groups excluding carboxylic acids is 1. The first-order valence-electron chi connectivity index (χ1n) is 8.20. The molecule has 1 aromatic rings. The minimum atomic E-state index is -0.648. The molecule has 0 saturated heterocycles. The van der Waals surface area contributed by atoms with Crippen LogP contribution >= 0.6 is 0 Å². The summed E-state index contributed by atoms with van der Waals surface area (Å²) < 4.78 is 21.7. The molecule has 26 heavy (non-hydrogen) atoms. The van der Waals surface area contributed by atoms with Crippen LogP contribution in [0.25, 0.3) is 0 Å². The predicted molar refractivity (Wildman–Crippen MR) is 90.7 cm³/mol. The van der Waals surface area contributed by atoms with Gasteiger partial charge in [-0.25, -0.2) is 4.79 Å². The molecule has 0 bridgehead atoms. The average molecular weight is 371 g/mol. The average Bonchev–Trinajstić information content (AvgIpc) is 2.94. The molecule has 0 aliphatic carbocycles. The molecular formula is C17H25NO8. The molecule has 0 aromatic carbocycles. The number of terminal acetylenes is 1. The van der Waals surface area contributed by atoms with Crippen LogP contribution in [0.5, 0.6) is 11.8 Å². The van der Waals surface area contributed by atoms with Crippen LogP contribution in [0, 0.1) is 12.3 Å². The quantitative estimate of drug-likeness (QED) is 0.335. The van der Waals surface area contributed by atoms with Crippen molar-refractivity contribution < 1.29 is 38.8 Å². The lowest BCUT2D eigenvalue weighted by molar-refractivity contribution is -0.146. The molecule has 0 aliphatic heterocycles. The number of hydrogen-bond acceptors (Lipinski definition) is 8. The molecule has 9 nitrogen and oxygen atoms in total. The van der Waals surface area contributed by atoms with Gasteiger partial charge in [-0.1, -0.05) is 0 Å². The maximum Gasteiger partial charge on any atom is 0.335 e. The highest BCUT2D eigenvalue weighted by atomic mass is 16.7. The second kappa shape index (κ2) is 14.0. The molecule has 0 spiro atoms. The van der Waals surface area contributed by atoms with E-state index in [9.17, 15) is 15.0 Å². The molecule has 0 unspecified atom stereocenters. The summed E-state index contributed by atoms with van der Waals surface area (Å²) in [6, 6.07) is 2.40. The largest absolute Gasteiger partial charge is 0.492 e. The summed E-state index contributed by atoms with van der Waals surface area (Å²) in [6.45, 7) is 3.24. The number of hydrogen-bond donors (Lipinski definition) is 2. The van der Waals surface area contributed by atoms with E-state index in [0.717, 1.165) is 0 Å². The Hall–Kier alpha value is -2.25. The van der Waals surface area contributed by atoms with E-state index in [0.29, 0.717) is 57.4 Å². The van der Waals surface area contributed by atoms with Crippen LogP contribution in [0.2, 0.25) is 0 Å². The van der Waals surface area contributed by atoms with Crippen LogP contribution in [0.4, 0.5) is 0 Å². The molecule has 0 fully saturated rings. The summed E-state index contributed by atoms with van der Waals surface area (Å²) in [5.41, 5.74) is 0. The Labute approximate surface area is 152 Å². The molecule has 0 aliphatic rings. The van der Waals surface area contributed by atoms with Gasteiger partial charge in [-0.05, 0) is 0 Å². The number of ether oxygens (including phenoxy) is 4. The topological polar surface area (TPSA) is 109 Å². The third kappa shape index (κ3) is 9.90. The number of aromatic hydroxyl groups is 2. The summed E-state index contributed by atoms with van der Waals surface area (Å²) in [5, 5.41) is 18.7. The van der Waals surface area contributed by atoms with E-state index in [1.807, 2.05) is 0 Å². The fourth-order valence-corrected chi connectivity index (χ4v) is 1.69. The fourth-order valence-electron chi connectivity index (χ4n) is 1.69. The van der Waals surface area contributed by atoms with Crippen LogP contribution in [0.3, 0.4) is 0 Å². The monoisotopic (exact) mass is 371 g/mol. The summed E-state index contributed by atoms with van der Waals surface area (Å²) >= 11 is 0. The van der Waals surface area contributed by atoms with Crippen molar-refractivity contribution in [2.45, 2.75) is 12.8 Å². The summed E-state index contributed by atoms with van der Waals surface area (Å²) in [6.07, 6.45) is 5.66. The van der Waals surface area contributed by atoms with E-state index < -0.39 is 5.97 Å². The predicted octanol–water partition coefficient (Wildman–Crippen LogP) is 0.334. The Bertz CT molecular complexity index is 532. The summed E-state index contributed by atoms with van der Waals surface area (Å²) in [5.74, 6) is 1.10. The third-order valence-corrected chi connectivity index (χ3v) is 2.95. The van der Waals surface area contributed by atoms with Gasteiger partial charge in [-0.15, -0.1) is 17.1 Å². The van der Waals surface area contributed by atoms with Crippen molar-refractivity contribution in [3.8, 4) is 24.1 Å². The minimum Gasteiger partial charge on any atom is -0.492 e. The number of carbonyl (C=O) groups is 1. The second-order valence-electron chi connectivity index (χ2n) is 4.96. The van der Waals surface area contributed by atoms with Crippen LogP contribution in [0.1, 0.15) is 12.8 Å². The first-order chi connectivity index (χ1) is 12.6. The minimum absolute atomic E-state index is 0.0279. The maximum atomic E-state index is 11.5. The first kappa shape index (κ1) is 21.8. The summed E-state index contributed by atoms with van der Waals surface area (Å²) in [4.78, 5) is 16.3. The number of aromatic nitrogens is 1. The second-order valence-corrected chi connectivity index (χ2v) is 4.96. The van der Waals surface area contributed by atoms with Crippen LogP contribution in [0.15, 0.2) is 12.1 Å². The van der Waals surface area contributed by atoms with Gasteiger partial charge in [0.15, 0.2) is 0 Å². The standard InChI is InChI=1S/C17H25NO8/c1-2-3-7-22-9-11-24-13-14-25-12-10-23-8-6-17(21)26-18-15(19)4-5-16(18)20/h1,4-5,19-20H,3,6-14H2. The van der Waals surface area contributed by atoms with Crippen molar-refractivity contribution in [3.63, 3.8) is 0 Å². The molecule has 9 heteroatoms. The molecule has 0 amide bonds. The number of rotatable bonds is 15. The van der Waals surface area contributed by atoms with E-state index in [1.165, 1.54) is 12.1 Å². The third-order valence-electron chi connectivity index (χ3n) is 2.95. The molecular weight excluding hydrogens is 346 g/mol. The first-order valence-corrected chi connectivity index (χ1v) is 8.20. The van der Waals surface area contributed by atoms with Gasteiger partial charge in [0.25, 0.3) is 0 Å². The van der Waals surface area contributed by atoms with Crippen molar-refractivity contribution in [1.82, 2.24) is 4.73 Å². The lowest BCUT2D eigenvalue weighted by atomic mass is 10.5. The van der Waals surface area contributed by atoms with Crippen LogP contribution in [-0.4, -0.2) is 73.8 Å². The van der Waals surface area contributed by atoms with E-state index in [-0.39, 0.29) is 24.8 Å². The Morgan fingerprint density at radius 3 is 1.85 bits per heavy atom. The molecule has 1 heterocycles. The van der Waals surface area contributed by atoms with Gasteiger partial charge in [-0.2, -0.15) is 0 Å². The Morgan fingerprint density at radius 2 is 1.35 bits per heavy atom. The van der Waals surface area contributed by atoms with Gasteiger partial charge < -0.3 is 34.0 Å². The molecule has 0 atom stereocenters. The molecule has 0 saturated carbocycles. The van der Waals surface area contributed by atoms with Crippen LogP contribution in [-0.2, 0) is 23.7 Å². The van der Waals surface area contributed by atoms with Gasteiger partial charge in [0.1, 0.15) is 0 Å². The van der Waals surface area contributed by atoms with E-state index >= 15 is 0 Å². The van der Waals surface area contributed by atoms with Gasteiger partial charge in [0.2, 0.25) is 11.8 Å². The van der Waals surface area contributed by atoms with Gasteiger partial charge in [-0.3, -0.25) is 0 Å². The molecule has 2 N–H and O–H groups in total. The highest BCUT2D eigenvalue weighted by Crippen LogP contribution is 2.18. The maximum absolute atomic E-state index is 11.5. The number of nitrogens with zero attached hydrogens (tertiary/aromatic N) is 1. The highest BCUT2D eigenvalue weighted by Gasteiger charge is 2.11. The zero-order chi connectivity index (χ0) is 19.0. The Kier molecular flexibility index (Phi) is 11.7. The highest BCUT2D eigenvalue weighted by molar-refractivity contribution is 5.70. The van der Waals surface area contributed by atoms with Crippen molar-refractivity contribution in [2.75, 3.05) is 52.9 Å². The van der Waals surface area contributed by atoms with Crippen molar-refractivity contribution >= 4 is 5.97 Å². The fraction of sp³-hybridized carbons (Fsp3) is 0.588. The van der Waals surface area contributed by atoms with Crippen LogP contribution < -0.4 is 4.84 Å². The lowest BCUT2D eigenvalue weighted by Crippen LogP contribution is -2.20. The summed E-state index contributed by atoms with van der Waals surface area (Å²) in [7, 11) is 0. The Morgan fingerprint density at radius 1 is 0.885 bits per heavy atom. The molecule has 146 valence electrons. The van der Waals surface area contributed by atoms with E-state index in [2.05, 4.69) is 5.92 Å². The van der Waals surface area contributed by atoms with E-state index in [1.54, 1.807) is 0 Å². The molecule has 1 rings (SSSR count). The SMILES string of the molecule is C#CCCOCCOCCOCCOCCC(=O)On1c(O)ccc1O. The van der Waals surface area contributed by atoms with Gasteiger partial charge >= 0.3 is 5.97 Å². The van der Waals surface area contributed by atoms with Crippen molar-refractivity contribution in [1.29, 1.82) is 0 Å². The van der Waals surface area contributed by atoms with Crippen molar-refractivity contribution in [3.05, 3.63) is 12.1 Å². The zero-order valence-electron chi connectivity index (χ0n) is 14.6. The van der Waals surface area contributed by atoms with E-state index in [4.69, 9.17) is 30.2 Å².